The molecule has 0 aromatic heterocycles. The highest BCUT2D eigenvalue weighted by molar-refractivity contribution is 7.91. The number of hydrogen-bond donors (Lipinski definition) is 1. The molecule has 8 heteroatoms. The zero-order valence-corrected chi connectivity index (χ0v) is 17.1. The van der Waals surface area contributed by atoms with Gasteiger partial charge >= 0.3 is 0 Å². The molecular weight excluding hydrogens is 356 g/mol. The van der Waals surface area contributed by atoms with E-state index in [1.54, 1.807) is 0 Å². The number of carbonyl (C=O) groups excluding carboxylic acids is 1. The molecule has 0 aliphatic carbocycles. The third-order valence-corrected chi connectivity index (χ3v) is 6.06. The van der Waals surface area contributed by atoms with Crippen LogP contribution in [0.3, 0.4) is 0 Å². The lowest BCUT2D eigenvalue weighted by Crippen LogP contribution is -2.42. The summed E-state index contributed by atoms with van der Waals surface area (Å²) in [6.45, 7) is 8.47. The van der Waals surface area contributed by atoms with Crippen molar-refractivity contribution in [1.29, 1.82) is 0 Å². The van der Waals surface area contributed by atoms with Crippen LogP contribution in [0.2, 0.25) is 0 Å². The molecular formula is C18H30N2O5S. The first-order valence-electron chi connectivity index (χ1n) is 8.74. The fourth-order valence-corrected chi connectivity index (χ4v) is 3.93. The second kappa shape index (κ2) is 10.4. The number of ether oxygens (including phenoxy) is 2. The van der Waals surface area contributed by atoms with Gasteiger partial charge in [0.05, 0.1) is 24.9 Å². The van der Waals surface area contributed by atoms with Crippen molar-refractivity contribution in [3.63, 3.8) is 0 Å². The molecule has 1 amide bonds. The summed E-state index contributed by atoms with van der Waals surface area (Å²) in [6, 6.07) is 4.61. The van der Waals surface area contributed by atoms with Gasteiger partial charge in [0.1, 0.15) is 0 Å². The Balaban J connectivity index is 2.64. The maximum atomic E-state index is 12.5. The van der Waals surface area contributed by atoms with Crippen LogP contribution in [0.25, 0.3) is 0 Å². The van der Waals surface area contributed by atoms with Gasteiger partial charge in [-0.1, -0.05) is 13.8 Å². The van der Waals surface area contributed by atoms with E-state index in [2.05, 4.69) is 24.1 Å². The van der Waals surface area contributed by atoms with E-state index >= 15 is 0 Å². The van der Waals surface area contributed by atoms with E-state index in [9.17, 15) is 13.2 Å². The first kappa shape index (κ1) is 22.2. The highest BCUT2D eigenvalue weighted by Crippen LogP contribution is 2.29. The SMILES string of the molecule is CCN(CC)C(C)CNC(=O)CCS(=O)(=O)c1ccc(OC)c(OC)c1. The summed E-state index contributed by atoms with van der Waals surface area (Å²) in [6.07, 6.45) is -0.0817. The topological polar surface area (TPSA) is 84.9 Å². The van der Waals surface area contributed by atoms with Gasteiger partial charge in [-0.2, -0.15) is 0 Å². The molecule has 1 aromatic rings. The van der Waals surface area contributed by atoms with Crippen molar-refractivity contribution in [1.82, 2.24) is 10.2 Å². The monoisotopic (exact) mass is 386 g/mol. The zero-order valence-electron chi connectivity index (χ0n) is 16.2. The first-order chi connectivity index (χ1) is 12.3. The minimum atomic E-state index is -3.58. The number of nitrogens with one attached hydrogen (secondary N) is 1. The molecule has 148 valence electrons. The molecule has 0 aliphatic heterocycles. The molecule has 0 saturated carbocycles. The van der Waals surface area contributed by atoms with E-state index in [1.807, 2.05) is 6.92 Å². The standard InChI is InChI=1S/C18H30N2O5S/c1-6-20(7-2)14(3)13-19-18(21)10-11-26(22,23)15-8-9-16(24-4)17(12-15)25-5/h8-9,12,14H,6-7,10-11,13H2,1-5H3,(H,19,21). The number of likely N-dealkylation sites (N-methyl/N-ethyl adjacent to an activating group) is 1. The second-order valence-electron chi connectivity index (χ2n) is 5.96. The average molecular weight is 387 g/mol. The Labute approximate surface area is 156 Å². The van der Waals surface area contributed by atoms with Gasteiger partial charge in [-0.3, -0.25) is 9.69 Å². The predicted octanol–water partition coefficient (Wildman–Crippen LogP) is 1.71. The Morgan fingerprint density at radius 2 is 1.77 bits per heavy atom. The lowest BCUT2D eigenvalue weighted by molar-refractivity contribution is -0.120. The summed E-state index contributed by atoms with van der Waals surface area (Å²) in [5.41, 5.74) is 0. The molecule has 0 spiro atoms. The molecule has 1 atom stereocenters. The van der Waals surface area contributed by atoms with Crippen molar-refractivity contribution in [2.24, 2.45) is 0 Å². The van der Waals surface area contributed by atoms with Crippen LogP contribution in [-0.2, 0) is 14.6 Å². The van der Waals surface area contributed by atoms with E-state index in [1.165, 1.54) is 32.4 Å². The highest BCUT2D eigenvalue weighted by Gasteiger charge is 2.19. The molecule has 0 radical (unpaired) electrons. The van der Waals surface area contributed by atoms with Gasteiger partial charge < -0.3 is 14.8 Å². The van der Waals surface area contributed by atoms with Crippen LogP contribution in [0, 0.1) is 0 Å². The number of methoxy groups -OCH3 is 2. The van der Waals surface area contributed by atoms with E-state index in [-0.39, 0.29) is 29.0 Å². The molecule has 1 N–H and O–H groups in total. The predicted molar refractivity (Wildman–Crippen MR) is 102 cm³/mol. The lowest BCUT2D eigenvalue weighted by atomic mass is 10.2. The number of rotatable bonds is 11. The molecule has 0 fully saturated rings. The number of amides is 1. The minimum absolute atomic E-state index is 0.0817. The van der Waals surface area contributed by atoms with Gasteiger partial charge in [0.25, 0.3) is 0 Å². The van der Waals surface area contributed by atoms with Gasteiger partial charge in [0, 0.05) is 25.1 Å². The summed E-state index contributed by atoms with van der Waals surface area (Å²) in [4.78, 5) is 14.3. The van der Waals surface area contributed by atoms with Crippen molar-refractivity contribution in [2.75, 3.05) is 39.6 Å². The lowest BCUT2D eigenvalue weighted by Gasteiger charge is -2.26. The Morgan fingerprint density at radius 1 is 1.15 bits per heavy atom. The summed E-state index contributed by atoms with van der Waals surface area (Å²) < 4.78 is 35.2. The van der Waals surface area contributed by atoms with Crippen LogP contribution in [0.4, 0.5) is 0 Å². The third kappa shape index (κ3) is 6.17. The molecule has 0 heterocycles. The number of benzene rings is 1. The Kier molecular flexibility index (Phi) is 8.87. The third-order valence-electron chi connectivity index (χ3n) is 4.34. The van der Waals surface area contributed by atoms with E-state index < -0.39 is 9.84 Å². The van der Waals surface area contributed by atoms with E-state index in [0.29, 0.717) is 18.0 Å². The van der Waals surface area contributed by atoms with Crippen molar-refractivity contribution in [2.45, 2.75) is 38.1 Å². The highest BCUT2D eigenvalue weighted by atomic mass is 32.2. The van der Waals surface area contributed by atoms with Crippen LogP contribution >= 0.6 is 0 Å². The first-order valence-corrected chi connectivity index (χ1v) is 10.4. The van der Waals surface area contributed by atoms with Gasteiger partial charge in [-0.15, -0.1) is 0 Å². The van der Waals surface area contributed by atoms with Crippen LogP contribution < -0.4 is 14.8 Å². The van der Waals surface area contributed by atoms with Gasteiger partial charge in [0.2, 0.25) is 5.91 Å². The van der Waals surface area contributed by atoms with Gasteiger partial charge in [0.15, 0.2) is 21.3 Å². The smallest absolute Gasteiger partial charge is 0.221 e. The van der Waals surface area contributed by atoms with Crippen molar-refractivity contribution < 1.29 is 22.7 Å². The fraction of sp³-hybridized carbons (Fsp3) is 0.611. The maximum absolute atomic E-state index is 12.5. The molecule has 1 unspecified atom stereocenters. The molecule has 1 aromatic carbocycles. The van der Waals surface area contributed by atoms with Crippen molar-refractivity contribution in [3.8, 4) is 11.5 Å². The van der Waals surface area contributed by atoms with Crippen LogP contribution in [0.15, 0.2) is 23.1 Å². The number of nitrogens with zero attached hydrogens (tertiary/aromatic N) is 1. The summed E-state index contributed by atoms with van der Waals surface area (Å²) in [7, 11) is -0.659. The second-order valence-corrected chi connectivity index (χ2v) is 8.07. The Hall–Kier alpha value is -1.80. The zero-order chi connectivity index (χ0) is 19.7. The van der Waals surface area contributed by atoms with Gasteiger partial charge in [-0.05, 0) is 32.1 Å². The summed E-state index contributed by atoms with van der Waals surface area (Å²) >= 11 is 0. The minimum Gasteiger partial charge on any atom is -0.493 e. The molecule has 26 heavy (non-hydrogen) atoms. The summed E-state index contributed by atoms with van der Waals surface area (Å²) in [5.74, 6) is 0.266. The number of sulfone groups is 1. The number of carbonyl (C=O) groups is 1. The molecule has 0 bridgehead atoms. The fourth-order valence-electron chi connectivity index (χ4n) is 2.68. The van der Waals surface area contributed by atoms with E-state index in [4.69, 9.17) is 9.47 Å². The van der Waals surface area contributed by atoms with E-state index in [0.717, 1.165) is 13.1 Å². The Bertz CT molecular complexity index is 687. The van der Waals surface area contributed by atoms with Crippen molar-refractivity contribution >= 4 is 15.7 Å². The van der Waals surface area contributed by atoms with Gasteiger partial charge in [-0.25, -0.2) is 8.42 Å². The van der Waals surface area contributed by atoms with Crippen LogP contribution in [0.5, 0.6) is 11.5 Å². The quantitative estimate of drug-likeness (QED) is 0.623. The molecule has 0 saturated heterocycles. The van der Waals surface area contributed by atoms with Crippen molar-refractivity contribution in [3.05, 3.63) is 18.2 Å². The Morgan fingerprint density at radius 3 is 2.31 bits per heavy atom. The summed E-state index contributed by atoms with van der Waals surface area (Å²) in [5, 5.41) is 2.81. The maximum Gasteiger partial charge on any atom is 0.221 e. The normalized spacial score (nSPS) is 12.7. The van der Waals surface area contributed by atoms with Crippen LogP contribution in [0.1, 0.15) is 27.2 Å². The molecule has 1 rings (SSSR count). The molecule has 0 aliphatic rings. The average Bonchev–Trinajstić information content (AvgIpc) is 2.65. The molecule has 7 nitrogen and oxygen atoms in total. The largest absolute Gasteiger partial charge is 0.493 e. The van der Waals surface area contributed by atoms with Crippen LogP contribution in [-0.4, -0.2) is 64.9 Å². The number of hydrogen-bond acceptors (Lipinski definition) is 6.